The molecule has 1 aromatic heterocycles. The number of carbonyl (C=O) groups is 1. The highest BCUT2D eigenvalue weighted by molar-refractivity contribution is 7.10. The molecule has 0 saturated carbocycles. The van der Waals surface area contributed by atoms with Crippen LogP contribution in [0.1, 0.15) is 31.8 Å². The highest BCUT2D eigenvalue weighted by Crippen LogP contribution is 2.21. The van der Waals surface area contributed by atoms with Gasteiger partial charge in [-0.1, -0.05) is 6.07 Å². The first-order valence-electron chi connectivity index (χ1n) is 5.66. The van der Waals surface area contributed by atoms with Crippen LogP contribution < -0.4 is 5.32 Å². The summed E-state index contributed by atoms with van der Waals surface area (Å²) in [7, 11) is 0. The maximum atomic E-state index is 11.3. The van der Waals surface area contributed by atoms with Crippen molar-refractivity contribution < 1.29 is 19.7 Å². The highest BCUT2D eigenvalue weighted by atomic mass is 32.1. The number of alkyl carbamates (subject to hydrolysis) is 1. The molecule has 0 aliphatic carbocycles. The quantitative estimate of drug-likeness (QED) is 0.779. The molecule has 2 unspecified atom stereocenters. The molecule has 18 heavy (non-hydrogen) atoms. The number of aliphatic hydroxyl groups is 2. The van der Waals surface area contributed by atoms with E-state index in [0.29, 0.717) is 4.88 Å². The summed E-state index contributed by atoms with van der Waals surface area (Å²) < 4.78 is 5.02. The Kier molecular flexibility index (Phi) is 5.13. The Morgan fingerprint density at radius 2 is 2.17 bits per heavy atom. The third kappa shape index (κ3) is 5.03. The van der Waals surface area contributed by atoms with E-state index in [2.05, 4.69) is 5.32 Å². The molecule has 6 heteroatoms. The third-order valence-electron chi connectivity index (χ3n) is 2.05. The molecular weight excluding hydrogens is 254 g/mol. The molecule has 102 valence electrons. The lowest BCUT2D eigenvalue weighted by Crippen LogP contribution is -2.38. The first kappa shape index (κ1) is 14.9. The average Bonchev–Trinajstić information content (AvgIpc) is 2.75. The minimum Gasteiger partial charge on any atom is -0.444 e. The van der Waals surface area contributed by atoms with Gasteiger partial charge in [-0.05, 0) is 32.2 Å². The molecule has 5 nitrogen and oxygen atoms in total. The van der Waals surface area contributed by atoms with Crippen LogP contribution >= 0.6 is 11.3 Å². The molecule has 1 amide bonds. The Labute approximate surface area is 110 Å². The zero-order chi connectivity index (χ0) is 13.8. The second-order valence-corrected chi connectivity index (χ2v) is 5.89. The number of hydrogen-bond donors (Lipinski definition) is 3. The number of hydrogen-bond acceptors (Lipinski definition) is 5. The maximum Gasteiger partial charge on any atom is 0.407 e. The molecule has 0 bridgehead atoms. The van der Waals surface area contributed by atoms with Crippen LogP contribution in [-0.2, 0) is 4.74 Å². The Hall–Kier alpha value is -1.11. The summed E-state index contributed by atoms with van der Waals surface area (Å²) in [6.07, 6.45) is -2.67. The van der Waals surface area contributed by atoms with Gasteiger partial charge in [-0.25, -0.2) is 4.79 Å². The van der Waals surface area contributed by atoms with Crippen LogP contribution in [0.4, 0.5) is 4.79 Å². The van der Waals surface area contributed by atoms with E-state index < -0.39 is 23.9 Å². The summed E-state index contributed by atoms with van der Waals surface area (Å²) in [5, 5.41) is 23.7. The summed E-state index contributed by atoms with van der Waals surface area (Å²) in [6.45, 7) is 5.20. The molecule has 0 radical (unpaired) electrons. The van der Waals surface area contributed by atoms with Crippen molar-refractivity contribution >= 4 is 17.4 Å². The summed E-state index contributed by atoms with van der Waals surface area (Å²) in [4.78, 5) is 12.0. The normalized spacial score (nSPS) is 14.9. The molecule has 3 N–H and O–H groups in total. The number of aliphatic hydroxyl groups excluding tert-OH is 2. The van der Waals surface area contributed by atoms with Crippen molar-refractivity contribution in [1.29, 1.82) is 0 Å². The van der Waals surface area contributed by atoms with Gasteiger partial charge in [0.15, 0.2) is 0 Å². The monoisotopic (exact) mass is 273 g/mol. The second kappa shape index (κ2) is 6.17. The number of carbonyl (C=O) groups excluding carboxylic acids is 1. The summed E-state index contributed by atoms with van der Waals surface area (Å²) in [5.41, 5.74) is -0.582. The molecule has 0 saturated heterocycles. The number of amides is 1. The van der Waals surface area contributed by atoms with Gasteiger partial charge in [-0.15, -0.1) is 11.3 Å². The summed E-state index contributed by atoms with van der Waals surface area (Å²) >= 11 is 1.35. The maximum absolute atomic E-state index is 11.3. The third-order valence-corrected chi connectivity index (χ3v) is 3.00. The molecule has 0 spiro atoms. The van der Waals surface area contributed by atoms with E-state index in [1.54, 1.807) is 32.9 Å². The van der Waals surface area contributed by atoms with Crippen molar-refractivity contribution in [1.82, 2.24) is 5.32 Å². The van der Waals surface area contributed by atoms with Gasteiger partial charge in [-0.3, -0.25) is 0 Å². The topological polar surface area (TPSA) is 78.8 Å². The molecule has 1 heterocycles. The number of ether oxygens (including phenoxy) is 1. The lowest BCUT2D eigenvalue weighted by atomic mass is 10.1. The fraction of sp³-hybridized carbons (Fsp3) is 0.583. The highest BCUT2D eigenvalue weighted by Gasteiger charge is 2.21. The molecule has 2 atom stereocenters. The van der Waals surface area contributed by atoms with Crippen molar-refractivity contribution in [3.63, 3.8) is 0 Å². The van der Waals surface area contributed by atoms with Crippen LogP contribution in [0.3, 0.4) is 0 Å². The van der Waals surface area contributed by atoms with Crippen molar-refractivity contribution in [2.75, 3.05) is 6.54 Å². The Balaban J connectivity index is 2.37. The Morgan fingerprint density at radius 3 is 2.67 bits per heavy atom. The summed E-state index contributed by atoms with van der Waals surface area (Å²) in [5.74, 6) is 0. The van der Waals surface area contributed by atoms with E-state index in [-0.39, 0.29) is 6.54 Å². The van der Waals surface area contributed by atoms with Crippen LogP contribution in [0.25, 0.3) is 0 Å². The van der Waals surface area contributed by atoms with Crippen LogP contribution in [0.15, 0.2) is 17.5 Å². The summed E-state index contributed by atoms with van der Waals surface area (Å²) in [6, 6.07) is 3.52. The van der Waals surface area contributed by atoms with Crippen molar-refractivity contribution in [3.05, 3.63) is 22.4 Å². The van der Waals surface area contributed by atoms with Crippen molar-refractivity contribution in [3.8, 4) is 0 Å². The fourth-order valence-corrected chi connectivity index (χ4v) is 2.03. The molecule has 1 rings (SSSR count). The van der Waals surface area contributed by atoms with E-state index in [1.807, 2.05) is 5.38 Å². The van der Waals surface area contributed by atoms with Crippen molar-refractivity contribution in [2.45, 2.75) is 38.6 Å². The van der Waals surface area contributed by atoms with Crippen LogP contribution in [0.5, 0.6) is 0 Å². The number of thiophene rings is 1. The van der Waals surface area contributed by atoms with E-state index in [0.717, 1.165) is 0 Å². The first-order valence-corrected chi connectivity index (χ1v) is 6.54. The second-order valence-electron chi connectivity index (χ2n) is 4.91. The lowest BCUT2D eigenvalue weighted by Gasteiger charge is -2.21. The van der Waals surface area contributed by atoms with Gasteiger partial charge < -0.3 is 20.3 Å². The fourth-order valence-electron chi connectivity index (χ4n) is 1.26. The van der Waals surface area contributed by atoms with Gasteiger partial charge in [0, 0.05) is 11.4 Å². The standard InChI is InChI=1S/C12H19NO4S/c1-12(2,3)17-11(16)13-7-8(14)10(15)9-5-4-6-18-9/h4-6,8,10,14-15H,7H2,1-3H3,(H,13,16). The zero-order valence-electron chi connectivity index (χ0n) is 10.7. The van der Waals surface area contributed by atoms with Crippen molar-refractivity contribution in [2.24, 2.45) is 0 Å². The van der Waals surface area contributed by atoms with Gasteiger partial charge in [-0.2, -0.15) is 0 Å². The van der Waals surface area contributed by atoms with E-state index in [4.69, 9.17) is 4.74 Å². The van der Waals surface area contributed by atoms with Gasteiger partial charge >= 0.3 is 6.09 Å². The van der Waals surface area contributed by atoms with E-state index in [1.165, 1.54) is 11.3 Å². The largest absolute Gasteiger partial charge is 0.444 e. The van der Waals surface area contributed by atoms with Gasteiger partial charge in [0.1, 0.15) is 17.8 Å². The minimum atomic E-state index is -1.06. The number of nitrogens with one attached hydrogen (secondary N) is 1. The van der Waals surface area contributed by atoms with Crippen LogP contribution in [-0.4, -0.2) is 34.6 Å². The van der Waals surface area contributed by atoms with Gasteiger partial charge in [0.05, 0.1) is 0 Å². The van der Waals surface area contributed by atoms with Gasteiger partial charge in [0.2, 0.25) is 0 Å². The molecule has 0 aliphatic heterocycles. The molecule has 0 fully saturated rings. The molecule has 0 aliphatic rings. The minimum absolute atomic E-state index is 0.0615. The molecule has 0 aromatic carbocycles. The predicted octanol–water partition coefficient (Wildman–Crippen LogP) is 1.67. The number of rotatable bonds is 4. The van der Waals surface area contributed by atoms with E-state index in [9.17, 15) is 15.0 Å². The molecular formula is C12H19NO4S. The van der Waals surface area contributed by atoms with Crippen LogP contribution in [0.2, 0.25) is 0 Å². The Morgan fingerprint density at radius 1 is 1.50 bits per heavy atom. The zero-order valence-corrected chi connectivity index (χ0v) is 11.5. The Bertz CT molecular complexity index is 372. The van der Waals surface area contributed by atoms with Crippen LogP contribution in [0, 0.1) is 0 Å². The van der Waals surface area contributed by atoms with Gasteiger partial charge in [0.25, 0.3) is 0 Å². The smallest absolute Gasteiger partial charge is 0.407 e. The van der Waals surface area contributed by atoms with E-state index >= 15 is 0 Å². The lowest BCUT2D eigenvalue weighted by molar-refractivity contribution is 0.0146. The molecule has 1 aromatic rings. The first-order chi connectivity index (χ1) is 8.29. The SMILES string of the molecule is CC(C)(C)OC(=O)NCC(O)C(O)c1cccs1. The average molecular weight is 273 g/mol. The predicted molar refractivity (Wildman–Crippen MR) is 69.5 cm³/mol.